The van der Waals surface area contributed by atoms with Gasteiger partial charge in [0, 0.05) is 63.8 Å². The van der Waals surface area contributed by atoms with Gasteiger partial charge in [-0.25, -0.2) is 4.39 Å². The molecule has 0 radical (unpaired) electrons. The number of nitrogens with zero attached hydrogens (tertiary/aromatic N) is 4. The van der Waals surface area contributed by atoms with Gasteiger partial charge in [-0.2, -0.15) is 0 Å². The normalized spacial score (nSPS) is 18.5. The third-order valence-corrected chi connectivity index (χ3v) is 6.64. The van der Waals surface area contributed by atoms with Crippen molar-refractivity contribution in [2.45, 2.75) is 39.2 Å². The van der Waals surface area contributed by atoms with Crippen LogP contribution in [-0.4, -0.2) is 96.2 Å². The number of hydrogen-bond acceptors (Lipinski definition) is 4. The molecule has 3 amide bonds. The first-order chi connectivity index (χ1) is 15.3. The van der Waals surface area contributed by atoms with Gasteiger partial charge < -0.3 is 14.7 Å². The number of rotatable bonds is 5. The first kappa shape index (κ1) is 24.2. The van der Waals surface area contributed by atoms with Crippen molar-refractivity contribution in [2.75, 3.05) is 52.9 Å². The van der Waals surface area contributed by atoms with Gasteiger partial charge in [0.15, 0.2) is 0 Å². The Hall–Kier alpha value is -2.48. The zero-order valence-electron chi connectivity index (χ0n) is 19.4. The Balaban J connectivity index is 1.46. The molecule has 3 rings (SSSR count). The van der Waals surface area contributed by atoms with Crippen molar-refractivity contribution >= 4 is 17.7 Å². The molecule has 0 atom stereocenters. The van der Waals surface area contributed by atoms with E-state index < -0.39 is 0 Å². The zero-order valence-corrected chi connectivity index (χ0v) is 19.4. The highest BCUT2D eigenvalue weighted by Gasteiger charge is 2.30. The molecule has 2 aliphatic heterocycles. The molecule has 2 saturated heterocycles. The topological polar surface area (TPSA) is 64.2 Å². The van der Waals surface area contributed by atoms with Gasteiger partial charge in [-0.15, -0.1) is 0 Å². The van der Waals surface area contributed by atoms with Crippen LogP contribution in [0.2, 0.25) is 0 Å². The summed E-state index contributed by atoms with van der Waals surface area (Å²) in [6, 6.07) is 5.80. The van der Waals surface area contributed by atoms with Crippen LogP contribution < -0.4 is 0 Å². The average molecular weight is 447 g/mol. The Morgan fingerprint density at radius 2 is 1.62 bits per heavy atom. The van der Waals surface area contributed by atoms with Crippen molar-refractivity contribution in [1.29, 1.82) is 0 Å². The Morgan fingerprint density at radius 3 is 2.25 bits per heavy atom. The van der Waals surface area contributed by atoms with Crippen molar-refractivity contribution < 1.29 is 18.8 Å². The van der Waals surface area contributed by atoms with Crippen LogP contribution >= 0.6 is 0 Å². The minimum absolute atomic E-state index is 0.00401. The van der Waals surface area contributed by atoms with Crippen molar-refractivity contribution in [1.82, 2.24) is 19.6 Å². The lowest BCUT2D eigenvalue weighted by molar-refractivity contribution is -0.141. The van der Waals surface area contributed by atoms with Crippen molar-refractivity contribution in [3.63, 3.8) is 0 Å². The zero-order chi connectivity index (χ0) is 23.3. The molecule has 0 spiro atoms. The van der Waals surface area contributed by atoms with Crippen LogP contribution in [0.3, 0.4) is 0 Å². The monoisotopic (exact) mass is 446 g/mol. The fraction of sp³-hybridized carbons (Fsp3) is 0.625. The first-order valence-corrected chi connectivity index (χ1v) is 11.6. The Morgan fingerprint density at radius 1 is 0.969 bits per heavy atom. The van der Waals surface area contributed by atoms with E-state index in [4.69, 9.17) is 0 Å². The maximum Gasteiger partial charge on any atom is 0.253 e. The summed E-state index contributed by atoms with van der Waals surface area (Å²) >= 11 is 0. The van der Waals surface area contributed by atoms with Gasteiger partial charge in [-0.3, -0.25) is 19.3 Å². The summed E-state index contributed by atoms with van der Waals surface area (Å²) < 4.78 is 13.1. The predicted molar refractivity (Wildman–Crippen MR) is 121 cm³/mol. The van der Waals surface area contributed by atoms with Crippen LogP contribution in [0, 0.1) is 11.7 Å². The standard InChI is InChI=1S/C24H35FN4O3/c1-18(2)26(3)23(31)20-9-13-28(14-10-20)22(30)17-27-11-4-12-29(16-15-27)24(32)19-5-7-21(25)8-6-19/h5-8,18,20H,4,9-17H2,1-3H3. The summed E-state index contributed by atoms with van der Waals surface area (Å²) in [5, 5.41) is 0. The van der Waals surface area contributed by atoms with Crippen LogP contribution in [0.4, 0.5) is 4.39 Å². The molecule has 2 aliphatic rings. The smallest absolute Gasteiger partial charge is 0.253 e. The SMILES string of the molecule is CC(C)N(C)C(=O)C1CCN(C(=O)CN2CCCN(C(=O)c3ccc(F)cc3)CC2)CC1. The van der Waals surface area contributed by atoms with E-state index in [1.165, 1.54) is 24.3 Å². The number of carbonyl (C=O) groups is 3. The maximum atomic E-state index is 13.1. The van der Waals surface area contributed by atoms with Gasteiger partial charge >= 0.3 is 0 Å². The lowest BCUT2D eigenvalue weighted by atomic mass is 9.95. The van der Waals surface area contributed by atoms with Gasteiger partial charge in [0.2, 0.25) is 11.8 Å². The lowest BCUT2D eigenvalue weighted by Gasteiger charge is -2.35. The Kier molecular flexibility index (Phi) is 8.23. The fourth-order valence-corrected chi connectivity index (χ4v) is 4.32. The maximum absolute atomic E-state index is 13.1. The van der Waals surface area contributed by atoms with E-state index >= 15 is 0 Å². The van der Waals surface area contributed by atoms with Crippen LogP contribution in [0.15, 0.2) is 24.3 Å². The first-order valence-electron chi connectivity index (χ1n) is 11.6. The summed E-state index contributed by atoms with van der Waals surface area (Å²) in [6.07, 6.45) is 2.21. The molecular formula is C24H35FN4O3. The van der Waals surface area contributed by atoms with Crippen LogP contribution in [0.25, 0.3) is 0 Å². The lowest BCUT2D eigenvalue weighted by Crippen LogP contribution is -2.48. The third kappa shape index (κ3) is 6.06. The van der Waals surface area contributed by atoms with Gasteiger partial charge in [-0.1, -0.05) is 0 Å². The largest absolute Gasteiger partial charge is 0.343 e. The number of amides is 3. The van der Waals surface area contributed by atoms with Crippen LogP contribution in [0.5, 0.6) is 0 Å². The highest BCUT2D eigenvalue weighted by atomic mass is 19.1. The second-order valence-electron chi connectivity index (χ2n) is 9.13. The number of piperidine rings is 1. The van der Waals surface area contributed by atoms with Crippen molar-refractivity contribution in [3.8, 4) is 0 Å². The molecule has 32 heavy (non-hydrogen) atoms. The van der Waals surface area contributed by atoms with Gasteiger partial charge in [0.1, 0.15) is 5.82 Å². The Labute approximate surface area is 190 Å². The summed E-state index contributed by atoms with van der Waals surface area (Å²) in [7, 11) is 1.84. The minimum atomic E-state index is -0.359. The molecule has 0 unspecified atom stereocenters. The van der Waals surface area contributed by atoms with Crippen LogP contribution in [0.1, 0.15) is 43.5 Å². The van der Waals surface area contributed by atoms with E-state index in [1.54, 1.807) is 9.80 Å². The van der Waals surface area contributed by atoms with E-state index in [0.717, 1.165) is 13.0 Å². The van der Waals surface area contributed by atoms with E-state index in [0.29, 0.717) is 57.7 Å². The number of hydrogen-bond donors (Lipinski definition) is 0. The highest BCUT2D eigenvalue weighted by molar-refractivity contribution is 5.94. The Bertz CT molecular complexity index is 806. The van der Waals surface area contributed by atoms with Crippen molar-refractivity contribution in [2.24, 2.45) is 5.92 Å². The molecule has 2 heterocycles. The van der Waals surface area contributed by atoms with E-state index in [9.17, 15) is 18.8 Å². The molecule has 0 bridgehead atoms. The molecule has 7 nitrogen and oxygen atoms in total. The summed E-state index contributed by atoms with van der Waals surface area (Å²) in [4.78, 5) is 45.6. The fourth-order valence-electron chi connectivity index (χ4n) is 4.32. The van der Waals surface area contributed by atoms with E-state index in [2.05, 4.69) is 4.90 Å². The van der Waals surface area contributed by atoms with Gasteiger partial charge in [0.25, 0.3) is 5.91 Å². The molecule has 0 N–H and O–H groups in total. The molecule has 1 aromatic carbocycles. The second kappa shape index (κ2) is 10.9. The molecule has 0 aromatic heterocycles. The summed E-state index contributed by atoms with van der Waals surface area (Å²) in [6.45, 7) is 8.13. The molecule has 2 fully saturated rings. The molecule has 0 aliphatic carbocycles. The molecule has 176 valence electrons. The highest BCUT2D eigenvalue weighted by Crippen LogP contribution is 2.20. The summed E-state index contributed by atoms with van der Waals surface area (Å²) in [5.74, 6) is -0.202. The van der Waals surface area contributed by atoms with Crippen molar-refractivity contribution in [3.05, 3.63) is 35.6 Å². The predicted octanol–water partition coefficient (Wildman–Crippen LogP) is 2.08. The van der Waals surface area contributed by atoms with Gasteiger partial charge in [-0.05, 0) is 57.4 Å². The minimum Gasteiger partial charge on any atom is -0.343 e. The average Bonchev–Trinajstić information content (AvgIpc) is 3.03. The van der Waals surface area contributed by atoms with Gasteiger partial charge in [0.05, 0.1) is 6.54 Å². The molecule has 1 aromatic rings. The molecule has 0 saturated carbocycles. The van der Waals surface area contributed by atoms with E-state index in [-0.39, 0.29) is 35.5 Å². The number of benzene rings is 1. The molecule has 8 heteroatoms. The second-order valence-corrected chi connectivity index (χ2v) is 9.13. The number of halogens is 1. The quantitative estimate of drug-likeness (QED) is 0.695. The molecular weight excluding hydrogens is 411 g/mol. The number of likely N-dealkylation sites (tertiary alicyclic amines) is 1. The third-order valence-electron chi connectivity index (χ3n) is 6.64. The van der Waals surface area contributed by atoms with E-state index in [1.807, 2.05) is 25.8 Å². The number of carbonyl (C=O) groups excluding carboxylic acids is 3. The summed E-state index contributed by atoms with van der Waals surface area (Å²) in [5.41, 5.74) is 0.483. The van der Waals surface area contributed by atoms with Crippen LogP contribution in [-0.2, 0) is 9.59 Å².